The van der Waals surface area contributed by atoms with Gasteiger partial charge < -0.3 is 16.0 Å². The molecule has 1 aromatic heterocycles. The maximum Gasteiger partial charge on any atom is 0.0724 e. The zero-order chi connectivity index (χ0) is 14.8. The van der Waals surface area contributed by atoms with Crippen molar-refractivity contribution >= 4 is 33.7 Å². The molecule has 0 aliphatic carbocycles. The highest BCUT2D eigenvalue weighted by Gasteiger charge is 2.05. The summed E-state index contributed by atoms with van der Waals surface area (Å²) in [4.78, 5) is 6.38. The third kappa shape index (κ3) is 2.60. The number of nitrogens with one attached hydrogen (secondary N) is 1. The third-order valence-electron chi connectivity index (χ3n) is 3.49. The molecule has 0 unspecified atom stereocenters. The van der Waals surface area contributed by atoms with Gasteiger partial charge in [0.15, 0.2) is 0 Å². The number of pyridine rings is 1. The van der Waals surface area contributed by atoms with E-state index in [2.05, 4.69) is 27.3 Å². The molecule has 0 aliphatic heterocycles. The minimum Gasteiger partial charge on any atom is -0.396 e. The number of benzene rings is 2. The van der Waals surface area contributed by atoms with Crippen molar-refractivity contribution in [2.75, 3.05) is 30.0 Å². The van der Waals surface area contributed by atoms with Gasteiger partial charge in [0.25, 0.3) is 0 Å². The predicted molar refractivity (Wildman–Crippen MR) is 90.2 cm³/mol. The van der Waals surface area contributed by atoms with Gasteiger partial charge in [-0.15, -0.1) is 0 Å². The quantitative estimate of drug-likeness (QED) is 0.718. The van der Waals surface area contributed by atoms with Crippen LogP contribution in [0.3, 0.4) is 0 Å². The van der Waals surface area contributed by atoms with Crippen LogP contribution >= 0.6 is 0 Å². The highest BCUT2D eigenvalue weighted by Crippen LogP contribution is 2.30. The van der Waals surface area contributed by atoms with Crippen LogP contribution in [0.1, 0.15) is 0 Å². The number of nitrogens with two attached hydrogens (primary N) is 1. The second kappa shape index (κ2) is 5.32. The van der Waals surface area contributed by atoms with E-state index >= 15 is 0 Å². The molecule has 2 aromatic carbocycles. The van der Waals surface area contributed by atoms with Crippen LogP contribution in [0.5, 0.6) is 0 Å². The maximum atomic E-state index is 6.23. The Labute approximate surface area is 124 Å². The Morgan fingerprint density at radius 1 is 1.00 bits per heavy atom. The van der Waals surface area contributed by atoms with Gasteiger partial charge in [-0.2, -0.15) is 0 Å². The molecule has 4 nitrogen and oxygen atoms in total. The zero-order valence-electron chi connectivity index (χ0n) is 12.2. The van der Waals surface area contributed by atoms with E-state index in [1.54, 1.807) is 6.20 Å². The van der Waals surface area contributed by atoms with Crippen LogP contribution in [0.4, 0.5) is 22.7 Å². The van der Waals surface area contributed by atoms with Crippen molar-refractivity contribution in [1.82, 2.24) is 4.98 Å². The third-order valence-corrected chi connectivity index (χ3v) is 3.49. The molecular weight excluding hydrogens is 260 g/mol. The topological polar surface area (TPSA) is 54.2 Å². The van der Waals surface area contributed by atoms with Gasteiger partial charge in [-0.3, -0.25) is 4.98 Å². The number of rotatable bonds is 3. The largest absolute Gasteiger partial charge is 0.396 e. The molecule has 21 heavy (non-hydrogen) atoms. The summed E-state index contributed by atoms with van der Waals surface area (Å²) in [7, 11) is 4.05. The van der Waals surface area contributed by atoms with Crippen molar-refractivity contribution in [3.63, 3.8) is 0 Å². The molecule has 3 N–H and O–H groups in total. The van der Waals surface area contributed by atoms with E-state index in [9.17, 15) is 0 Å². The number of nitrogens with zero attached hydrogens (tertiary/aromatic N) is 2. The van der Waals surface area contributed by atoms with Gasteiger partial charge in [0.05, 0.1) is 16.9 Å². The number of fused-ring (bicyclic) bond motifs is 1. The molecule has 0 radical (unpaired) electrons. The Bertz CT molecular complexity index is 763. The summed E-state index contributed by atoms with van der Waals surface area (Å²) < 4.78 is 0. The van der Waals surface area contributed by atoms with E-state index in [0.717, 1.165) is 33.7 Å². The summed E-state index contributed by atoms with van der Waals surface area (Å²) in [6, 6.07) is 16.0. The average Bonchev–Trinajstić information content (AvgIpc) is 2.51. The average molecular weight is 278 g/mol. The molecule has 3 rings (SSSR count). The molecule has 0 saturated heterocycles. The fourth-order valence-corrected chi connectivity index (χ4v) is 2.28. The van der Waals surface area contributed by atoms with Gasteiger partial charge in [-0.25, -0.2) is 0 Å². The van der Waals surface area contributed by atoms with E-state index in [0.29, 0.717) is 0 Å². The Morgan fingerprint density at radius 3 is 2.48 bits per heavy atom. The molecule has 1 heterocycles. The lowest BCUT2D eigenvalue weighted by Gasteiger charge is -2.14. The Morgan fingerprint density at radius 2 is 1.76 bits per heavy atom. The summed E-state index contributed by atoms with van der Waals surface area (Å²) in [6.07, 6.45) is 1.77. The first kappa shape index (κ1) is 13.2. The smallest absolute Gasteiger partial charge is 0.0724 e. The molecule has 0 amide bonds. The first-order valence-electron chi connectivity index (χ1n) is 6.83. The van der Waals surface area contributed by atoms with Crippen LogP contribution in [0.25, 0.3) is 10.9 Å². The lowest BCUT2D eigenvalue weighted by molar-refractivity contribution is 1.13. The van der Waals surface area contributed by atoms with Crippen molar-refractivity contribution in [2.45, 2.75) is 0 Å². The standard InChI is InChI=1S/C17H18N4/c1-21(2)13-7-5-12(6-8-13)20-16-10-9-15-14(17(16)18)4-3-11-19-15/h3-11,20H,18H2,1-2H3. The molecule has 3 aromatic rings. The molecule has 0 atom stereocenters. The molecule has 0 saturated carbocycles. The van der Waals surface area contributed by atoms with Gasteiger partial charge >= 0.3 is 0 Å². The fraction of sp³-hybridized carbons (Fsp3) is 0.118. The number of hydrogen-bond acceptors (Lipinski definition) is 4. The van der Waals surface area contributed by atoms with Crippen molar-refractivity contribution in [3.8, 4) is 0 Å². The van der Waals surface area contributed by atoms with E-state index in [4.69, 9.17) is 5.73 Å². The van der Waals surface area contributed by atoms with Gasteiger partial charge in [0, 0.05) is 37.1 Å². The van der Waals surface area contributed by atoms with Crippen LogP contribution in [0, 0.1) is 0 Å². The second-order valence-electron chi connectivity index (χ2n) is 5.16. The summed E-state index contributed by atoms with van der Waals surface area (Å²) >= 11 is 0. The van der Waals surface area contributed by atoms with Crippen molar-refractivity contribution < 1.29 is 0 Å². The Kier molecular flexibility index (Phi) is 3.36. The summed E-state index contributed by atoms with van der Waals surface area (Å²) in [5.41, 5.74) is 10.9. The molecule has 0 spiro atoms. The van der Waals surface area contributed by atoms with E-state index in [1.165, 1.54) is 0 Å². The van der Waals surface area contributed by atoms with Crippen molar-refractivity contribution in [3.05, 3.63) is 54.7 Å². The number of aromatic nitrogens is 1. The van der Waals surface area contributed by atoms with Crippen LogP contribution in [-0.2, 0) is 0 Å². The molecule has 0 aliphatic rings. The highest BCUT2D eigenvalue weighted by molar-refractivity contribution is 5.97. The molecule has 4 heteroatoms. The summed E-state index contributed by atoms with van der Waals surface area (Å²) in [6.45, 7) is 0. The minimum absolute atomic E-state index is 0.720. The fourth-order valence-electron chi connectivity index (χ4n) is 2.28. The molecule has 0 fully saturated rings. The number of hydrogen-bond donors (Lipinski definition) is 2. The summed E-state index contributed by atoms with van der Waals surface area (Å²) in [5.74, 6) is 0. The van der Waals surface area contributed by atoms with E-state index < -0.39 is 0 Å². The lowest BCUT2D eigenvalue weighted by Crippen LogP contribution is -2.08. The van der Waals surface area contributed by atoms with Gasteiger partial charge in [0.1, 0.15) is 0 Å². The SMILES string of the molecule is CN(C)c1ccc(Nc2ccc3ncccc3c2N)cc1. The number of nitrogen functional groups attached to an aromatic ring is 1. The van der Waals surface area contributed by atoms with Crippen molar-refractivity contribution in [2.24, 2.45) is 0 Å². The van der Waals surface area contributed by atoms with Crippen LogP contribution in [0.15, 0.2) is 54.7 Å². The maximum absolute atomic E-state index is 6.23. The van der Waals surface area contributed by atoms with Crippen molar-refractivity contribution in [1.29, 1.82) is 0 Å². The Balaban J connectivity index is 1.92. The van der Waals surface area contributed by atoms with Gasteiger partial charge in [-0.1, -0.05) is 0 Å². The van der Waals surface area contributed by atoms with Gasteiger partial charge in [0.2, 0.25) is 0 Å². The van der Waals surface area contributed by atoms with Gasteiger partial charge in [-0.05, 0) is 48.5 Å². The normalized spacial score (nSPS) is 10.6. The summed E-state index contributed by atoms with van der Waals surface area (Å²) in [5, 5.41) is 4.32. The van der Waals surface area contributed by atoms with Crippen LogP contribution in [0.2, 0.25) is 0 Å². The molecule has 0 bridgehead atoms. The van der Waals surface area contributed by atoms with Crippen LogP contribution < -0.4 is 16.0 Å². The number of anilines is 4. The highest BCUT2D eigenvalue weighted by atomic mass is 15.1. The predicted octanol–water partition coefficient (Wildman–Crippen LogP) is 3.63. The molecular formula is C17H18N4. The molecule has 106 valence electrons. The monoisotopic (exact) mass is 278 g/mol. The first-order chi connectivity index (χ1) is 10.1. The minimum atomic E-state index is 0.720. The van der Waals surface area contributed by atoms with Crippen LogP contribution in [-0.4, -0.2) is 19.1 Å². The Hall–Kier alpha value is -2.75. The van der Waals surface area contributed by atoms with E-state index in [-0.39, 0.29) is 0 Å². The first-order valence-corrected chi connectivity index (χ1v) is 6.83. The lowest BCUT2D eigenvalue weighted by atomic mass is 10.1. The zero-order valence-corrected chi connectivity index (χ0v) is 12.2. The van der Waals surface area contributed by atoms with E-state index in [1.807, 2.05) is 50.5 Å². The second-order valence-corrected chi connectivity index (χ2v) is 5.16.